The molecule has 0 aromatic heterocycles. The van der Waals surface area contributed by atoms with E-state index in [1.54, 1.807) is 7.05 Å². The van der Waals surface area contributed by atoms with Crippen LogP contribution >= 0.6 is 0 Å². The summed E-state index contributed by atoms with van der Waals surface area (Å²) in [5.74, 6) is 0. The lowest BCUT2D eigenvalue weighted by Crippen LogP contribution is -2.58. The third kappa shape index (κ3) is 1.44. The number of carbonyl (C=O) groups is 1. The fourth-order valence-corrected chi connectivity index (χ4v) is 1.62. The van der Waals surface area contributed by atoms with Crippen molar-refractivity contribution in [2.75, 3.05) is 20.7 Å². The lowest BCUT2D eigenvalue weighted by molar-refractivity contribution is -0.892. The van der Waals surface area contributed by atoms with E-state index in [1.807, 2.05) is 0 Å². The molecule has 1 aliphatic rings. The molecule has 1 amide bonds. The quantitative estimate of drug-likeness (QED) is 0.550. The number of hydrogen-bond acceptors (Lipinski definition) is 3. The zero-order chi connectivity index (χ0) is 9.19. The van der Waals surface area contributed by atoms with Crippen LogP contribution in [0.4, 0.5) is 4.79 Å². The first-order valence-corrected chi connectivity index (χ1v) is 4.23. The van der Waals surface area contributed by atoms with Crippen molar-refractivity contribution >= 4 is 6.09 Å². The molecule has 1 fully saturated rings. The lowest BCUT2D eigenvalue weighted by atomic mass is 10.1. The van der Waals surface area contributed by atoms with Gasteiger partial charge in [-0.15, -0.1) is 0 Å². The number of hydrogen-bond donors (Lipinski definition) is 1. The van der Waals surface area contributed by atoms with Crippen molar-refractivity contribution in [3.8, 4) is 0 Å². The molecule has 4 nitrogen and oxygen atoms in total. The Morgan fingerprint density at radius 3 is 2.75 bits per heavy atom. The molecule has 0 aromatic carbocycles. The van der Waals surface area contributed by atoms with Crippen LogP contribution in [0.5, 0.6) is 0 Å². The average molecular weight is 174 g/mol. The molecule has 12 heavy (non-hydrogen) atoms. The van der Waals surface area contributed by atoms with Crippen LogP contribution in [0.25, 0.3) is 0 Å². The van der Waals surface area contributed by atoms with Gasteiger partial charge in [-0.05, 0) is 12.8 Å². The average Bonchev–Trinajstić information content (AvgIpc) is 2.09. The minimum absolute atomic E-state index is 0.0104. The number of nitrogens with zero attached hydrogens (tertiary/aromatic N) is 1. The van der Waals surface area contributed by atoms with E-state index in [0.29, 0.717) is 13.0 Å². The molecule has 1 aliphatic heterocycles. The van der Waals surface area contributed by atoms with Crippen molar-refractivity contribution in [1.82, 2.24) is 0 Å². The summed E-state index contributed by atoms with van der Waals surface area (Å²) in [6.07, 6.45) is 1.72. The molecule has 4 heteroatoms. The van der Waals surface area contributed by atoms with Gasteiger partial charge in [0.15, 0.2) is 6.23 Å². The lowest BCUT2D eigenvalue weighted by Gasteiger charge is -2.37. The summed E-state index contributed by atoms with van der Waals surface area (Å²) < 4.78 is 4.65. The van der Waals surface area contributed by atoms with Crippen LogP contribution in [-0.4, -0.2) is 42.6 Å². The van der Waals surface area contributed by atoms with Crippen molar-refractivity contribution in [3.63, 3.8) is 0 Å². The Morgan fingerprint density at radius 1 is 1.58 bits per heavy atom. The molecule has 0 aromatic rings. The van der Waals surface area contributed by atoms with Crippen molar-refractivity contribution in [1.29, 1.82) is 0 Å². The Balaban J connectivity index is 2.72. The van der Waals surface area contributed by atoms with Crippen LogP contribution in [0.2, 0.25) is 0 Å². The van der Waals surface area contributed by atoms with Gasteiger partial charge in [-0.2, -0.15) is 4.79 Å². The smallest absolute Gasteiger partial charge is 0.423 e. The van der Waals surface area contributed by atoms with Gasteiger partial charge in [0.2, 0.25) is 0 Å². The molecule has 2 atom stereocenters. The molecule has 1 saturated heterocycles. The van der Waals surface area contributed by atoms with E-state index in [4.69, 9.17) is 0 Å². The van der Waals surface area contributed by atoms with Crippen LogP contribution in [0.1, 0.15) is 19.3 Å². The molecule has 0 aliphatic carbocycles. The Bertz CT molecular complexity index is 183. The van der Waals surface area contributed by atoms with Gasteiger partial charge in [0.05, 0.1) is 20.7 Å². The van der Waals surface area contributed by atoms with Crippen molar-refractivity contribution < 1.29 is 19.1 Å². The topological polar surface area (TPSA) is 46.5 Å². The Labute approximate surface area is 72.3 Å². The maximum atomic E-state index is 11.3. The van der Waals surface area contributed by atoms with Gasteiger partial charge in [-0.1, -0.05) is 0 Å². The van der Waals surface area contributed by atoms with Gasteiger partial charge in [0.25, 0.3) is 0 Å². The van der Waals surface area contributed by atoms with Crippen LogP contribution in [-0.2, 0) is 4.74 Å². The van der Waals surface area contributed by atoms with Crippen molar-refractivity contribution in [2.24, 2.45) is 0 Å². The maximum Gasteiger partial charge on any atom is 0.517 e. The molecule has 2 unspecified atom stereocenters. The number of likely N-dealkylation sites (tertiary alicyclic amines) is 1. The third-order valence-corrected chi connectivity index (χ3v) is 2.58. The number of methoxy groups -OCH3 is 1. The first kappa shape index (κ1) is 9.48. The molecule has 0 radical (unpaired) electrons. The molecule has 0 spiro atoms. The summed E-state index contributed by atoms with van der Waals surface area (Å²) in [6, 6.07) is 0. The van der Waals surface area contributed by atoms with Gasteiger partial charge in [-0.25, -0.2) is 4.48 Å². The number of ether oxygens (including phenoxy) is 1. The first-order valence-electron chi connectivity index (χ1n) is 4.23. The van der Waals surface area contributed by atoms with E-state index >= 15 is 0 Å². The number of rotatable bonds is 0. The fourth-order valence-electron chi connectivity index (χ4n) is 1.62. The number of amides is 1. The molecule has 1 N–H and O–H groups in total. The van der Waals surface area contributed by atoms with Gasteiger partial charge in [0, 0.05) is 6.42 Å². The number of quaternary nitrogens is 1. The SMILES string of the molecule is COC(=O)[N+]1(C)CCCCC1O. The van der Waals surface area contributed by atoms with Crippen LogP contribution < -0.4 is 0 Å². The molecule has 1 rings (SSSR count). The highest BCUT2D eigenvalue weighted by Crippen LogP contribution is 2.22. The third-order valence-electron chi connectivity index (χ3n) is 2.58. The predicted octanol–water partition coefficient (Wildman–Crippen LogP) is 0.702. The van der Waals surface area contributed by atoms with Gasteiger partial charge >= 0.3 is 6.09 Å². The maximum absolute atomic E-state index is 11.3. The normalized spacial score (nSPS) is 36.1. The number of aliphatic hydroxyl groups excluding tert-OH is 1. The highest BCUT2D eigenvalue weighted by molar-refractivity contribution is 5.59. The summed E-state index contributed by atoms with van der Waals surface area (Å²) >= 11 is 0. The Hall–Kier alpha value is -0.610. The van der Waals surface area contributed by atoms with E-state index in [0.717, 1.165) is 12.8 Å². The van der Waals surface area contributed by atoms with Crippen LogP contribution in [0.3, 0.4) is 0 Å². The zero-order valence-electron chi connectivity index (χ0n) is 7.62. The highest BCUT2D eigenvalue weighted by Gasteiger charge is 2.42. The molecule has 1 heterocycles. The van der Waals surface area contributed by atoms with E-state index in [1.165, 1.54) is 7.11 Å². The van der Waals surface area contributed by atoms with Crippen molar-refractivity contribution in [2.45, 2.75) is 25.5 Å². The number of carbonyl (C=O) groups excluding carboxylic acids is 1. The van der Waals surface area contributed by atoms with Gasteiger partial charge < -0.3 is 9.84 Å². The van der Waals surface area contributed by atoms with Gasteiger partial charge in [-0.3, -0.25) is 0 Å². The standard InChI is InChI=1S/C8H16NO3/c1-9(8(11)12-2)6-4-3-5-7(9)10/h7,10H,3-6H2,1-2H3/q+1. The number of aliphatic hydroxyl groups is 1. The monoisotopic (exact) mass is 174 g/mol. The van der Waals surface area contributed by atoms with Crippen LogP contribution in [0.15, 0.2) is 0 Å². The van der Waals surface area contributed by atoms with E-state index in [-0.39, 0.29) is 10.6 Å². The van der Waals surface area contributed by atoms with Crippen LogP contribution in [0, 0.1) is 0 Å². The summed E-state index contributed by atoms with van der Waals surface area (Å²) in [7, 11) is 3.07. The summed E-state index contributed by atoms with van der Waals surface area (Å²) in [5.41, 5.74) is 0. The summed E-state index contributed by atoms with van der Waals surface area (Å²) in [5, 5.41) is 9.60. The van der Waals surface area contributed by atoms with E-state index < -0.39 is 6.23 Å². The Kier molecular flexibility index (Phi) is 2.69. The summed E-state index contributed by atoms with van der Waals surface area (Å²) in [4.78, 5) is 11.3. The molecule has 0 bridgehead atoms. The second kappa shape index (κ2) is 3.41. The second-order valence-electron chi connectivity index (χ2n) is 3.44. The molecular formula is C8H16NO3+. The van der Waals surface area contributed by atoms with Crippen molar-refractivity contribution in [3.05, 3.63) is 0 Å². The molecular weight excluding hydrogens is 158 g/mol. The second-order valence-corrected chi connectivity index (χ2v) is 3.44. The van der Waals surface area contributed by atoms with Gasteiger partial charge in [0.1, 0.15) is 0 Å². The minimum Gasteiger partial charge on any atom is -0.423 e. The Morgan fingerprint density at radius 2 is 2.25 bits per heavy atom. The molecule has 0 saturated carbocycles. The minimum atomic E-state index is -0.591. The fraction of sp³-hybridized carbons (Fsp3) is 0.875. The summed E-state index contributed by atoms with van der Waals surface area (Å²) in [6.45, 7) is 0.674. The predicted molar refractivity (Wildman–Crippen MR) is 43.3 cm³/mol. The molecule has 70 valence electrons. The largest absolute Gasteiger partial charge is 0.517 e. The number of piperidine rings is 1. The highest BCUT2D eigenvalue weighted by atomic mass is 16.6. The van der Waals surface area contributed by atoms with E-state index in [2.05, 4.69) is 4.74 Å². The zero-order valence-corrected chi connectivity index (χ0v) is 7.62. The van der Waals surface area contributed by atoms with E-state index in [9.17, 15) is 9.90 Å². The first-order chi connectivity index (χ1) is 5.61.